The Morgan fingerprint density at radius 1 is 1.42 bits per heavy atom. The van der Waals surface area contributed by atoms with E-state index in [1.165, 1.54) is 0 Å². The second-order valence-electron chi connectivity index (χ2n) is 6.23. The van der Waals surface area contributed by atoms with Crippen molar-refractivity contribution in [3.8, 4) is 0 Å². The van der Waals surface area contributed by atoms with Crippen molar-refractivity contribution >= 4 is 11.6 Å². The monoisotopic (exact) mass is 329 g/mol. The van der Waals surface area contributed by atoms with Crippen molar-refractivity contribution in [2.45, 2.75) is 19.9 Å². The predicted molar refractivity (Wildman–Crippen MR) is 91.2 cm³/mol. The summed E-state index contributed by atoms with van der Waals surface area (Å²) in [7, 11) is 3.89. The molecule has 3 heterocycles. The summed E-state index contributed by atoms with van der Waals surface area (Å²) < 4.78 is 5.63. The molecule has 0 aromatic carbocycles. The molecule has 7 nitrogen and oxygen atoms in total. The number of nitrogens with zero attached hydrogens (tertiary/aromatic N) is 4. The first-order chi connectivity index (χ1) is 11.5. The Labute approximate surface area is 141 Å². The van der Waals surface area contributed by atoms with E-state index < -0.39 is 0 Å². The minimum absolute atomic E-state index is 0.0769. The number of pyridine rings is 1. The number of rotatable bonds is 3. The van der Waals surface area contributed by atoms with Crippen LogP contribution in [0.1, 0.15) is 33.5 Å². The topological polar surface area (TPSA) is 74.3 Å². The highest BCUT2D eigenvalue weighted by atomic mass is 16.5. The average molecular weight is 329 g/mol. The van der Waals surface area contributed by atoms with Gasteiger partial charge in [0.2, 0.25) is 0 Å². The third-order valence-corrected chi connectivity index (χ3v) is 4.39. The van der Waals surface area contributed by atoms with E-state index in [2.05, 4.69) is 15.2 Å². The van der Waals surface area contributed by atoms with E-state index in [0.29, 0.717) is 25.5 Å². The van der Waals surface area contributed by atoms with Gasteiger partial charge in [-0.2, -0.15) is 5.10 Å². The summed E-state index contributed by atoms with van der Waals surface area (Å²) in [5.74, 6) is -0.0769. The lowest BCUT2D eigenvalue weighted by atomic mass is 10.0. The Morgan fingerprint density at radius 3 is 2.88 bits per heavy atom. The van der Waals surface area contributed by atoms with Gasteiger partial charge in [0.15, 0.2) is 0 Å². The van der Waals surface area contributed by atoms with E-state index in [1.807, 2.05) is 49.9 Å². The van der Waals surface area contributed by atoms with E-state index >= 15 is 0 Å². The van der Waals surface area contributed by atoms with Crippen LogP contribution in [-0.4, -0.2) is 59.8 Å². The lowest BCUT2D eigenvalue weighted by molar-refractivity contribution is -0.00332. The number of carbonyl (C=O) groups excluding carboxylic acids is 1. The summed E-state index contributed by atoms with van der Waals surface area (Å²) in [5.41, 5.74) is 4.30. The molecule has 24 heavy (non-hydrogen) atoms. The number of aromatic amines is 1. The van der Waals surface area contributed by atoms with Gasteiger partial charge in [-0.25, -0.2) is 0 Å². The molecule has 0 bridgehead atoms. The number of aryl methyl sites for hydroxylation is 2. The lowest BCUT2D eigenvalue weighted by Crippen LogP contribution is -2.44. The molecule has 2 aromatic rings. The van der Waals surface area contributed by atoms with Crippen LogP contribution in [0.15, 0.2) is 18.3 Å². The second kappa shape index (κ2) is 6.60. The fraction of sp³-hybridized carbons (Fsp3) is 0.471. The summed E-state index contributed by atoms with van der Waals surface area (Å²) in [4.78, 5) is 21.1. The predicted octanol–water partition coefficient (Wildman–Crippen LogP) is 1.70. The third kappa shape index (κ3) is 2.99. The zero-order valence-corrected chi connectivity index (χ0v) is 14.5. The number of amides is 1. The van der Waals surface area contributed by atoms with Gasteiger partial charge in [-0.3, -0.25) is 14.9 Å². The summed E-state index contributed by atoms with van der Waals surface area (Å²) in [6, 6.07) is 3.57. The zero-order chi connectivity index (χ0) is 17.3. The molecule has 1 aliphatic rings. The largest absolute Gasteiger partial charge is 0.378 e. The minimum Gasteiger partial charge on any atom is -0.378 e. The maximum Gasteiger partial charge on any atom is 0.273 e. The first kappa shape index (κ1) is 16.4. The molecule has 1 saturated heterocycles. The molecule has 1 aliphatic heterocycles. The van der Waals surface area contributed by atoms with Crippen LogP contribution in [0.5, 0.6) is 0 Å². The number of aromatic nitrogens is 3. The number of carbonyl (C=O) groups is 1. The maximum absolute atomic E-state index is 13.1. The van der Waals surface area contributed by atoms with Gasteiger partial charge >= 0.3 is 0 Å². The molecule has 1 fully saturated rings. The molecule has 0 radical (unpaired) electrons. The van der Waals surface area contributed by atoms with Crippen molar-refractivity contribution in [1.29, 1.82) is 0 Å². The standard InChI is InChI=1S/C17H23N5O2/c1-11-16(12(2)20-19-11)15-10-24-8-7-22(15)17(23)14-9-13(21(3)4)5-6-18-14/h5-6,9,15H,7-8,10H2,1-4H3,(H,19,20). The van der Waals surface area contributed by atoms with Crippen LogP contribution >= 0.6 is 0 Å². The van der Waals surface area contributed by atoms with Crippen molar-refractivity contribution in [1.82, 2.24) is 20.1 Å². The summed E-state index contributed by atoms with van der Waals surface area (Å²) in [6.45, 7) is 5.46. The number of H-pyrrole nitrogens is 1. The van der Waals surface area contributed by atoms with Crippen molar-refractivity contribution in [3.05, 3.63) is 41.0 Å². The third-order valence-electron chi connectivity index (χ3n) is 4.39. The maximum atomic E-state index is 13.1. The second-order valence-corrected chi connectivity index (χ2v) is 6.23. The van der Waals surface area contributed by atoms with Gasteiger partial charge in [-0.05, 0) is 26.0 Å². The van der Waals surface area contributed by atoms with Crippen LogP contribution in [0.3, 0.4) is 0 Å². The normalized spacial score (nSPS) is 17.8. The number of hydrogen-bond donors (Lipinski definition) is 1. The molecule has 1 amide bonds. The molecule has 1 N–H and O–H groups in total. The quantitative estimate of drug-likeness (QED) is 0.928. The van der Waals surface area contributed by atoms with Gasteiger partial charge in [0, 0.05) is 43.8 Å². The zero-order valence-electron chi connectivity index (χ0n) is 14.5. The number of nitrogens with one attached hydrogen (secondary N) is 1. The number of morpholine rings is 1. The highest BCUT2D eigenvalue weighted by molar-refractivity contribution is 5.93. The number of hydrogen-bond acceptors (Lipinski definition) is 5. The van der Waals surface area contributed by atoms with E-state index in [1.54, 1.807) is 6.20 Å². The Kier molecular flexibility index (Phi) is 4.53. The van der Waals surface area contributed by atoms with Gasteiger partial charge in [-0.1, -0.05) is 0 Å². The van der Waals surface area contributed by atoms with Crippen LogP contribution in [0.2, 0.25) is 0 Å². The first-order valence-electron chi connectivity index (χ1n) is 8.02. The molecule has 1 unspecified atom stereocenters. The van der Waals surface area contributed by atoms with Crippen molar-refractivity contribution in [3.63, 3.8) is 0 Å². The summed E-state index contributed by atoms with van der Waals surface area (Å²) in [5, 5.41) is 7.25. The Hall–Kier alpha value is -2.41. The first-order valence-corrected chi connectivity index (χ1v) is 8.02. The Bertz CT molecular complexity index is 721. The van der Waals surface area contributed by atoms with Crippen molar-refractivity contribution in [2.75, 3.05) is 38.8 Å². The van der Waals surface area contributed by atoms with Crippen LogP contribution < -0.4 is 4.90 Å². The van der Waals surface area contributed by atoms with Gasteiger partial charge < -0.3 is 14.5 Å². The molecular formula is C17H23N5O2. The molecule has 0 saturated carbocycles. The van der Waals surface area contributed by atoms with Crippen LogP contribution in [0.25, 0.3) is 0 Å². The Morgan fingerprint density at radius 2 is 2.21 bits per heavy atom. The van der Waals surface area contributed by atoms with E-state index in [0.717, 1.165) is 22.6 Å². The minimum atomic E-state index is -0.144. The van der Waals surface area contributed by atoms with Gasteiger partial charge in [0.1, 0.15) is 5.69 Å². The van der Waals surface area contributed by atoms with Crippen LogP contribution in [0.4, 0.5) is 5.69 Å². The molecule has 0 spiro atoms. The molecule has 3 rings (SSSR count). The molecule has 7 heteroatoms. The fourth-order valence-electron chi connectivity index (χ4n) is 3.10. The lowest BCUT2D eigenvalue weighted by Gasteiger charge is -2.35. The molecule has 128 valence electrons. The molecule has 0 aliphatic carbocycles. The van der Waals surface area contributed by atoms with Crippen LogP contribution in [-0.2, 0) is 4.74 Å². The van der Waals surface area contributed by atoms with E-state index in [4.69, 9.17) is 4.74 Å². The van der Waals surface area contributed by atoms with Crippen molar-refractivity contribution < 1.29 is 9.53 Å². The van der Waals surface area contributed by atoms with Gasteiger partial charge in [-0.15, -0.1) is 0 Å². The number of ether oxygens (including phenoxy) is 1. The molecule has 2 aromatic heterocycles. The fourth-order valence-corrected chi connectivity index (χ4v) is 3.10. The van der Waals surface area contributed by atoms with Gasteiger partial charge in [0.05, 0.1) is 24.9 Å². The van der Waals surface area contributed by atoms with Crippen molar-refractivity contribution in [2.24, 2.45) is 0 Å². The van der Waals surface area contributed by atoms with Crippen LogP contribution in [0, 0.1) is 13.8 Å². The summed E-state index contributed by atoms with van der Waals surface area (Å²) in [6.07, 6.45) is 1.67. The number of anilines is 1. The SMILES string of the molecule is Cc1n[nH]c(C)c1C1COCCN1C(=O)c1cc(N(C)C)ccn1. The molecular weight excluding hydrogens is 306 g/mol. The van der Waals surface area contributed by atoms with E-state index in [-0.39, 0.29) is 11.9 Å². The highest BCUT2D eigenvalue weighted by Gasteiger charge is 2.33. The smallest absolute Gasteiger partial charge is 0.273 e. The van der Waals surface area contributed by atoms with Gasteiger partial charge in [0.25, 0.3) is 5.91 Å². The molecule has 1 atom stereocenters. The average Bonchev–Trinajstić information content (AvgIpc) is 2.93. The highest BCUT2D eigenvalue weighted by Crippen LogP contribution is 2.29. The summed E-state index contributed by atoms with van der Waals surface area (Å²) >= 11 is 0. The Balaban J connectivity index is 1.93. The van der Waals surface area contributed by atoms with E-state index in [9.17, 15) is 4.79 Å².